The minimum Gasteiger partial charge on any atom is -0.383 e. The summed E-state index contributed by atoms with van der Waals surface area (Å²) in [5.74, 6) is 0.437. The van der Waals surface area contributed by atoms with Gasteiger partial charge in [-0.05, 0) is 30.5 Å². The van der Waals surface area contributed by atoms with Crippen LogP contribution in [0.2, 0.25) is 0 Å². The average molecular weight is 342 g/mol. The van der Waals surface area contributed by atoms with Gasteiger partial charge < -0.3 is 10.4 Å². The number of amides is 2. The normalized spacial score (nSPS) is 13.2. The average Bonchev–Trinajstić information content (AvgIpc) is 3.26. The third-order valence-corrected chi connectivity index (χ3v) is 4.62. The predicted molar refractivity (Wildman–Crippen MR) is 94.5 cm³/mol. The van der Waals surface area contributed by atoms with Crippen LogP contribution in [0.4, 0.5) is 10.6 Å². The molecule has 3 N–H and O–H groups in total. The third kappa shape index (κ3) is 3.81. The van der Waals surface area contributed by atoms with Crippen LogP contribution in [0.3, 0.4) is 0 Å². The monoisotopic (exact) mass is 342 g/mol. The zero-order chi connectivity index (χ0) is 17.0. The number of rotatable bonds is 5. The molecule has 0 radical (unpaired) electrons. The lowest BCUT2D eigenvalue weighted by molar-refractivity contribution is 0.0637. The van der Waals surface area contributed by atoms with Gasteiger partial charge >= 0.3 is 6.03 Å². The number of nitrogens with one attached hydrogen (secondary N) is 2. The molecule has 0 aliphatic carbocycles. The molecule has 0 aliphatic heterocycles. The first-order chi connectivity index (χ1) is 11.5. The fraction of sp³-hybridized carbons (Fsp3) is 0.176. The van der Waals surface area contributed by atoms with Gasteiger partial charge in [0, 0.05) is 17.1 Å². The van der Waals surface area contributed by atoms with Crippen molar-refractivity contribution >= 4 is 23.2 Å². The number of hydrogen-bond donors (Lipinski definition) is 3. The minimum absolute atomic E-state index is 0.110. The van der Waals surface area contributed by atoms with Crippen LogP contribution in [0.25, 0.3) is 5.69 Å². The second-order valence-corrected chi connectivity index (χ2v) is 6.49. The summed E-state index contributed by atoms with van der Waals surface area (Å²) in [6.07, 6.45) is 1.77. The summed E-state index contributed by atoms with van der Waals surface area (Å²) in [4.78, 5) is 12.8. The Balaban J connectivity index is 1.57. The zero-order valence-electron chi connectivity index (χ0n) is 13.1. The molecule has 0 bridgehead atoms. The minimum atomic E-state index is -1.10. The molecule has 0 aliphatic rings. The number of aliphatic hydroxyl groups is 1. The van der Waals surface area contributed by atoms with Gasteiger partial charge in [-0.3, -0.25) is 5.32 Å². The highest BCUT2D eigenvalue weighted by molar-refractivity contribution is 7.10. The van der Waals surface area contributed by atoms with Crippen LogP contribution in [0, 0.1) is 0 Å². The van der Waals surface area contributed by atoms with Crippen LogP contribution >= 0.6 is 11.3 Å². The molecule has 3 aromatic rings. The lowest BCUT2D eigenvalue weighted by Gasteiger charge is -2.22. The Labute approximate surface area is 143 Å². The van der Waals surface area contributed by atoms with Crippen molar-refractivity contribution in [1.82, 2.24) is 15.1 Å². The van der Waals surface area contributed by atoms with Crippen molar-refractivity contribution < 1.29 is 9.90 Å². The van der Waals surface area contributed by atoms with Crippen LogP contribution in [-0.2, 0) is 5.60 Å². The van der Waals surface area contributed by atoms with Crippen molar-refractivity contribution in [3.8, 4) is 5.69 Å². The molecule has 0 unspecified atom stereocenters. The van der Waals surface area contributed by atoms with Crippen molar-refractivity contribution in [2.45, 2.75) is 12.5 Å². The van der Waals surface area contributed by atoms with E-state index in [-0.39, 0.29) is 6.54 Å². The van der Waals surface area contributed by atoms with E-state index < -0.39 is 11.6 Å². The first-order valence-electron chi connectivity index (χ1n) is 7.47. The molecule has 124 valence electrons. The maximum Gasteiger partial charge on any atom is 0.320 e. The summed E-state index contributed by atoms with van der Waals surface area (Å²) in [6.45, 7) is 1.78. The summed E-state index contributed by atoms with van der Waals surface area (Å²) in [5.41, 5.74) is -0.193. The van der Waals surface area contributed by atoms with Crippen molar-refractivity contribution in [3.05, 3.63) is 65.0 Å². The molecule has 3 rings (SSSR count). The molecule has 0 saturated carbocycles. The quantitative estimate of drug-likeness (QED) is 0.667. The smallest absolute Gasteiger partial charge is 0.320 e. The van der Waals surface area contributed by atoms with Gasteiger partial charge in [0.05, 0.1) is 12.2 Å². The lowest BCUT2D eigenvalue weighted by Crippen LogP contribution is -2.40. The number of aromatic nitrogens is 2. The molecule has 2 aromatic heterocycles. The van der Waals surface area contributed by atoms with Crippen LogP contribution in [0.15, 0.2) is 60.1 Å². The fourth-order valence-corrected chi connectivity index (χ4v) is 2.99. The summed E-state index contributed by atoms with van der Waals surface area (Å²) in [7, 11) is 0. The Kier molecular flexibility index (Phi) is 4.64. The molecule has 7 heteroatoms. The number of anilines is 1. The Morgan fingerprint density at radius 1 is 1.25 bits per heavy atom. The van der Waals surface area contributed by atoms with Gasteiger partial charge in [0.15, 0.2) is 5.82 Å². The Morgan fingerprint density at radius 3 is 2.75 bits per heavy atom. The van der Waals surface area contributed by atoms with Crippen LogP contribution in [0.5, 0.6) is 0 Å². The number of carbonyl (C=O) groups excluding carboxylic acids is 1. The number of para-hydroxylation sites is 1. The Bertz CT molecular complexity index is 797. The van der Waals surface area contributed by atoms with Crippen molar-refractivity contribution in [3.63, 3.8) is 0 Å². The van der Waals surface area contributed by atoms with Gasteiger partial charge in [-0.2, -0.15) is 0 Å². The van der Waals surface area contributed by atoms with Crippen LogP contribution in [0.1, 0.15) is 11.8 Å². The highest BCUT2D eigenvalue weighted by Gasteiger charge is 2.24. The molecular formula is C17H18N4O2S. The summed E-state index contributed by atoms with van der Waals surface area (Å²) in [5, 5.41) is 21.9. The van der Waals surface area contributed by atoms with Crippen molar-refractivity contribution in [1.29, 1.82) is 0 Å². The molecule has 1 aromatic carbocycles. The summed E-state index contributed by atoms with van der Waals surface area (Å²) in [6, 6.07) is 14.6. The van der Waals surface area contributed by atoms with Gasteiger partial charge in [0.25, 0.3) is 0 Å². The third-order valence-electron chi connectivity index (χ3n) is 3.50. The number of nitrogens with zero attached hydrogens (tertiary/aromatic N) is 2. The van der Waals surface area contributed by atoms with Gasteiger partial charge in [-0.25, -0.2) is 9.48 Å². The molecule has 0 fully saturated rings. The first-order valence-corrected chi connectivity index (χ1v) is 8.35. The van der Waals surface area contributed by atoms with Gasteiger partial charge in [0.1, 0.15) is 5.60 Å². The molecule has 2 amide bonds. The zero-order valence-corrected chi connectivity index (χ0v) is 14.0. The first kappa shape index (κ1) is 16.2. The van der Waals surface area contributed by atoms with Crippen LogP contribution in [-0.4, -0.2) is 27.5 Å². The van der Waals surface area contributed by atoms with E-state index in [1.54, 1.807) is 23.9 Å². The SMILES string of the molecule is C[C@@](O)(CNC(=O)Nc1ccn(-c2ccccc2)n1)c1cccs1. The molecule has 0 spiro atoms. The number of carbonyl (C=O) groups is 1. The van der Waals surface area contributed by atoms with E-state index in [2.05, 4.69) is 15.7 Å². The maximum absolute atomic E-state index is 12.0. The summed E-state index contributed by atoms with van der Waals surface area (Å²) >= 11 is 1.45. The van der Waals surface area contributed by atoms with E-state index in [0.717, 1.165) is 10.6 Å². The van der Waals surface area contributed by atoms with E-state index in [1.807, 2.05) is 47.8 Å². The highest BCUT2D eigenvalue weighted by Crippen LogP contribution is 2.24. The van der Waals surface area contributed by atoms with Gasteiger partial charge in [0.2, 0.25) is 0 Å². The van der Waals surface area contributed by atoms with Crippen LogP contribution < -0.4 is 10.6 Å². The number of benzene rings is 1. The number of urea groups is 1. The molecule has 1 atom stereocenters. The molecule has 2 heterocycles. The van der Waals surface area contributed by atoms with Crippen molar-refractivity contribution in [2.75, 3.05) is 11.9 Å². The summed E-state index contributed by atoms with van der Waals surface area (Å²) < 4.78 is 1.68. The molecule has 6 nitrogen and oxygen atoms in total. The van der Waals surface area contributed by atoms with Gasteiger partial charge in [-0.15, -0.1) is 16.4 Å². The maximum atomic E-state index is 12.0. The lowest BCUT2D eigenvalue weighted by atomic mass is 10.1. The number of thiophene rings is 1. The Morgan fingerprint density at radius 2 is 2.04 bits per heavy atom. The number of hydrogen-bond acceptors (Lipinski definition) is 4. The van der Waals surface area contributed by atoms with E-state index in [9.17, 15) is 9.90 Å². The van der Waals surface area contributed by atoms with E-state index in [4.69, 9.17) is 0 Å². The standard InChI is InChI=1S/C17H18N4O2S/c1-17(23,14-8-5-11-24-14)12-18-16(22)19-15-9-10-21(20-15)13-6-3-2-4-7-13/h2-11,23H,12H2,1H3,(H2,18,19,20,22)/t17-/m1/s1. The van der Waals surface area contributed by atoms with Gasteiger partial charge in [-0.1, -0.05) is 24.3 Å². The van der Waals surface area contributed by atoms with E-state index in [0.29, 0.717) is 5.82 Å². The molecule has 0 saturated heterocycles. The molecule has 24 heavy (non-hydrogen) atoms. The Hall–Kier alpha value is -2.64. The molecular weight excluding hydrogens is 324 g/mol. The highest BCUT2D eigenvalue weighted by atomic mass is 32.1. The predicted octanol–water partition coefficient (Wildman–Crippen LogP) is 2.96. The van der Waals surface area contributed by atoms with E-state index >= 15 is 0 Å². The fourth-order valence-electron chi connectivity index (χ4n) is 2.20. The van der Waals surface area contributed by atoms with E-state index in [1.165, 1.54) is 11.3 Å². The largest absolute Gasteiger partial charge is 0.383 e. The topological polar surface area (TPSA) is 79.2 Å². The van der Waals surface area contributed by atoms with Crippen molar-refractivity contribution in [2.24, 2.45) is 0 Å². The second-order valence-electron chi connectivity index (χ2n) is 5.54. The second kappa shape index (κ2) is 6.86.